The summed E-state index contributed by atoms with van der Waals surface area (Å²) in [5.74, 6) is -4.37. The average molecular weight is 818 g/mol. The lowest BCUT2D eigenvalue weighted by molar-refractivity contribution is -0.395. The lowest BCUT2D eigenvalue weighted by atomic mass is 10.1. The molecule has 1 N–H and O–H groups in total. The van der Waals surface area contributed by atoms with Crippen LogP contribution in [0.2, 0.25) is 0 Å². The largest absolute Gasteiger partial charge is 0.461 e. The first-order valence-electron chi connectivity index (χ1n) is 8.17. The Labute approximate surface area is 225 Å². The maximum Gasteiger partial charge on any atom is 0.345 e. The van der Waals surface area contributed by atoms with Gasteiger partial charge in [-0.2, -0.15) is 8.42 Å². The first-order chi connectivity index (χ1) is 15.2. The molecule has 33 heavy (non-hydrogen) atoms. The van der Waals surface area contributed by atoms with Gasteiger partial charge < -0.3 is 9.47 Å². The zero-order valence-electron chi connectivity index (χ0n) is 15.7. The topological polar surface area (TPSA) is 193 Å². The normalized spacial score (nSPS) is 11.0. The molecule has 0 saturated heterocycles. The van der Waals surface area contributed by atoms with Gasteiger partial charge >= 0.3 is 23.3 Å². The van der Waals surface area contributed by atoms with E-state index in [1.165, 1.54) is 6.07 Å². The van der Waals surface area contributed by atoms with Crippen LogP contribution in [0.4, 0.5) is 11.4 Å². The van der Waals surface area contributed by atoms with Crippen molar-refractivity contribution in [2.75, 3.05) is 12.4 Å². The maximum absolute atomic E-state index is 12.7. The molecule has 0 bridgehead atoms. The van der Waals surface area contributed by atoms with Crippen molar-refractivity contribution in [3.63, 3.8) is 0 Å². The highest BCUT2D eigenvalue weighted by molar-refractivity contribution is 14.1. The SMILES string of the molecule is O=C(OCCS(=O)(=O)O)c1cc([N+](=O)[O-])c(OC(=O)c2cc(I)cc(I)c2I)c([N+](=O)[O-])c1. The van der Waals surface area contributed by atoms with E-state index in [0.29, 0.717) is 22.8 Å². The Balaban J connectivity index is 2.50. The number of benzene rings is 2. The number of halogens is 3. The molecule has 17 heteroatoms. The van der Waals surface area contributed by atoms with Crippen molar-refractivity contribution in [2.45, 2.75) is 0 Å². The Hall–Kier alpha value is -1.72. The quantitative estimate of drug-likeness (QED) is 0.0779. The van der Waals surface area contributed by atoms with Crippen LogP contribution in [0, 0.1) is 30.9 Å². The van der Waals surface area contributed by atoms with E-state index in [-0.39, 0.29) is 5.56 Å². The standard InChI is InChI=1S/C16H9I3N2O11S/c17-8-5-9(13(19)10(18)6-8)16(23)32-14-11(20(24)25)3-7(4-12(14)21(26)27)15(22)31-1-2-33(28,29)30/h3-6H,1-2H2,(H,28,29,30). The third-order valence-corrected chi connectivity index (χ3v) is 8.01. The first kappa shape index (κ1) is 27.5. The first-order valence-corrected chi connectivity index (χ1v) is 13.0. The molecule has 2 rings (SSSR count). The van der Waals surface area contributed by atoms with E-state index < -0.39 is 67.0 Å². The molecule has 0 aliphatic carbocycles. The van der Waals surface area contributed by atoms with Crippen molar-refractivity contribution in [2.24, 2.45) is 0 Å². The Morgan fingerprint density at radius 3 is 2.00 bits per heavy atom. The second-order valence-corrected chi connectivity index (χ2v) is 11.0. The molecule has 0 amide bonds. The summed E-state index contributed by atoms with van der Waals surface area (Å²) in [7, 11) is -4.45. The minimum absolute atomic E-state index is 0.0178. The summed E-state index contributed by atoms with van der Waals surface area (Å²) in [6.07, 6.45) is 0. The molecule has 13 nitrogen and oxygen atoms in total. The molecule has 0 spiro atoms. The van der Waals surface area contributed by atoms with Crippen molar-refractivity contribution >= 4 is 101 Å². The van der Waals surface area contributed by atoms with Gasteiger partial charge in [-0.3, -0.25) is 24.8 Å². The van der Waals surface area contributed by atoms with Crippen LogP contribution in [-0.2, 0) is 14.9 Å². The van der Waals surface area contributed by atoms with Gasteiger partial charge in [0.05, 0.1) is 21.0 Å². The highest BCUT2D eigenvalue weighted by Crippen LogP contribution is 2.39. The number of nitro benzene ring substituents is 2. The fourth-order valence-corrected chi connectivity index (χ4v) is 4.94. The summed E-state index contributed by atoms with van der Waals surface area (Å²) in [5, 5.41) is 23.1. The molecule has 0 aliphatic rings. The Bertz CT molecular complexity index is 1250. The van der Waals surface area contributed by atoms with Gasteiger partial charge in [0.15, 0.2) is 0 Å². The third-order valence-electron chi connectivity index (χ3n) is 3.66. The smallest absolute Gasteiger partial charge is 0.345 e. The van der Waals surface area contributed by atoms with Crippen LogP contribution in [0.5, 0.6) is 5.75 Å². The molecule has 0 fully saturated rings. The predicted molar refractivity (Wildman–Crippen MR) is 136 cm³/mol. The maximum atomic E-state index is 12.7. The Morgan fingerprint density at radius 2 is 1.52 bits per heavy atom. The van der Waals surface area contributed by atoms with E-state index in [9.17, 15) is 38.2 Å². The second-order valence-electron chi connectivity index (χ2n) is 5.92. The highest BCUT2D eigenvalue weighted by Gasteiger charge is 2.33. The van der Waals surface area contributed by atoms with E-state index in [1.807, 2.05) is 67.8 Å². The van der Waals surface area contributed by atoms with Crippen molar-refractivity contribution < 1.29 is 41.9 Å². The van der Waals surface area contributed by atoms with Gasteiger partial charge in [-0.15, -0.1) is 0 Å². The van der Waals surface area contributed by atoms with Gasteiger partial charge in [0.2, 0.25) is 0 Å². The van der Waals surface area contributed by atoms with Gasteiger partial charge in [-0.05, 0) is 79.9 Å². The molecule has 176 valence electrons. The Kier molecular flexibility index (Phi) is 9.29. The van der Waals surface area contributed by atoms with Crippen LogP contribution in [0.25, 0.3) is 0 Å². The lowest BCUT2D eigenvalue weighted by Crippen LogP contribution is -2.16. The van der Waals surface area contributed by atoms with E-state index in [4.69, 9.17) is 9.29 Å². The fourth-order valence-electron chi connectivity index (χ4n) is 2.27. The zero-order chi connectivity index (χ0) is 25.1. The van der Waals surface area contributed by atoms with Gasteiger partial charge in [-0.25, -0.2) is 9.59 Å². The predicted octanol–water partition coefficient (Wildman–Crippen LogP) is 3.58. The van der Waals surface area contributed by atoms with Crippen molar-refractivity contribution in [1.29, 1.82) is 0 Å². The van der Waals surface area contributed by atoms with Gasteiger partial charge in [-0.1, -0.05) is 0 Å². The van der Waals surface area contributed by atoms with Gasteiger partial charge in [0, 0.05) is 22.8 Å². The molecule has 0 saturated carbocycles. The molecule has 2 aromatic rings. The molecule has 0 unspecified atom stereocenters. The number of ether oxygens (including phenoxy) is 2. The van der Waals surface area contributed by atoms with Gasteiger partial charge in [0.25, 0.3) is 15.9 Å². The molecule has 2 aromatic carbocycles. The van der Waals surface area contributed by atoms with E-state index in [2.05, 4.69) is 4.74 Å². The molecule has 0 aliphatic heterocycles. The minimum atomic E-state index is -4.45. The van der Waals surface area contributed by atoms with Crippen LogP contribution >= 0.6 is 67.8 Å². The molecular weight excluding hydrogens is 809 g/mol. The summed E-state index contributed by atoms with van der Waals surface area (Å²) < 4.78 is 41.5. The number of carbonyl (C=O) groups excluding carboxylic acids is 2. The zero-order valence-corrected chi connectivity index (χ0v) is 23.0. The summed E-state index contributed by atoms with van der Waals surface area (Å²) in [5.41, 5.74) is -2.77. The number of hydrogen-bond donors (Lipinski definition) is 1. The van der Waals surface area contributed by atoms with Crippen LogP contribution in [0.1, 0.15) is 20.7 Å². The summed E-state index contributed by atoms with van der Waals surface area (Å²) in [4.78, 5) is 45.7. The second kappa shape index (κ2) is 11.1. The van der Waals surface area contributed by atoms with Gasteiger partial charge in [0.1, 0.15) is 12.4 Å². The van der Waals surface area contributed by atoms with Crippen LogP contribution < -0.4 is 4.74 Å². The number of nitro groups is 2. The van der Waals surface area contributed by atoms with Crippen LogP contribution in [0.15, 0.2) is 24.3 Å². The van der Waals surface area contributed by atoms with E-state index >= 15 is 0 Å². The number of nitrogens with zero attached hydrogens (tertiary/aromatic N) is 2. The monoisotopic (exact) mass is 818 g/mol. The summed E-state index contributed by atoms with van der Waals surface area (Å²) in [6.45, 7) is -0.806. The van der Waals surface area contributed by atoms with Crippen molar-refractivity contribution in [3.8, 4) is 5.75 Å². The molecule has 0 heterocycles. The summed E-state index contributed by atoms with van der Waals surface area (Å²) >= 11 is 5.75. The molecule has 0 atom stereocenters. The third kappa shape index (κ3) is 7.38. The molecular formula is C16H9I3N2O11S. The average Bonchev–Trinajstić information content (AvgIpc) is 2.69. The highest BCUT2D eigenvalue weighted by atomic mass is 127. The lowest BCUT2D eigenvalue weighted by Gasteiger charge is -2.10. The molecule has 0 radical (unpaired) electrons. The van der Waals surface area contributed by atoms with Crippen LogP contribution in [-0.4, -0.2) is 47.1 Å². The molecule has 0 aromatic heterocycles. The van der Waals surface area contributed by atoms with E-state index in [0.717, 1.165) is 0 Å². The fraction of sp³-hybridized carbons (Fsp3) is 0.125. The number of esters is 2. The van der Waals surface area contributed by atoms with Crippen LogP contribution in [0.3, 0.4) is 0 Å². The van der Waals surface area contributed by atoms with Crippen molar-refractivity contribution in [1.82, 2.24) is 0 Å². The number of carbonyl (C=O) groups is 2. The number of rotatable bonds is 8. The summed E-state index contributed by atoms with van der Waals surface area (Å²) in [6, 6.07) is 4.38. The van der Waals surface area contributed by atoms with E-state index in [1.54, 1.807) is 6.07 Å². The Morgan fingerprint density at radius 1 is 0.970 bits per heavy atom. The van der Waals surface area contributed by atoms with Crippen molar-refractivity contribution in [3.05, 3.63) is 66.3 Å². The number of hydrogen-bond acceptors (Lipinski definition) is 10. The minimum Gasteiger partial charge on any atom is -0.461 e.